The number of aromatic nitrogens is 3. The highest BCUT2D eigenvalue weighted by Crippen LogP contribution is 2.19. The first kappa shape index (κ1) is 13.9. The maximum absolute atomic E-state index is 12.5. The number of aryl methyl sites for hydroxylation is 1. The SMILES string of the molecule is COCCn1ncc(Br)c1C(=O)c1cc(C)ccn1. The Morgan fingerprint density at radius 3 is 3.00 bits per heavy atom. The van der Waals surface area contributed by atoms with Crippen molar-refractivity contribution in [2.75, 3.05) is 13.7 Å². The molecular weight excluding hydrogens is 310 g/mol. The van der Waals surface area contributed by atoms with E-state index in [9.17, 15) is 4.79 Å². The second-order valence-corrected chi connectivity index (χ2v) is 4.96. The van der Waals surface area contributed by atoms with Crippen LogP contribution in [0.25, 0.3) is 0 Å². The zero-order valence-electron chi connectivity index (χ0n) is 10.8. The topological polar surface area (TPSA) is 57.0 Å². The fourth-order valence-electron chi connectivity index (χ4n) is 1.72. The van der Waals surface area contributed by atoms with E-state index in [2.05, 4.69) is 26.0 Å². The van der Waals surface area contributed by atoms with E-state index in [1.54, 1.807) is 30.3 Å². The molecule has 0 radical (unpaired) electrons. The molecule has 0 atom stereocenters. The number of hydrogen-bond donors (Lipinski definition) is 0. The lowest BCUT2D eigenvalue weighted by atomic mass is 10.1. The Balaban J connectivity index is 2.35. The number of hydrogen-bond acceptors (Lipinski definition) is 4. The summed E-state index contributed by atoms with van der Waals surface area (Å²) in [5.74, 6) is -0.149. The molecule has 19 heavy (non-hydrogen) atoms. The number of ether oxygens (including phenoxy) is 1. The quantitative estimate of drug-likeness (QED) is 0.792. The average Bonchev–Trinajstić information content (AvgIpc) is 2.76. The predicted octanol–water partition coefficient (Wildman–Crippen LogP) is 2.23. The Labute approximate surface area is 119 Å². The van der Waals surface area contributed by atoms with Crippen LogP contribution in [0.15, 0.2) is 29.0 Å². The average molecular weight is 324 g/mol. The first-order chi connectivity index (χ1) is 9.13. The first-order valence-electron chi connectivity index (χ1n) is 5.81. The van der Waals surface area contributed by atoms with Crippen LogP contribution in [-0.2, 0) is 11.3 Å². The Kier molecular flexibility index (Phi) is 4.44. The number of pyridine rings is 1. The van der Waals surface area contributed by atoms with Gasteiger partial charge in [-0.1, -0.05) is 0 Å². The van der Waals surface area contributed by atoms with Crippen LogP contribution in [0.1, 0.15) is 21.7 Å². The number of halogens is 1. The van der Waals surface area contributed by atoms with Gasteiger partial charge in [-0.25, -0.2) is 0 Å². The molecule has 0 saturated carbocycles. The summed E-state index contributed by atoms with van der Waals surface area (Å²) in [6, 6.07) is 3.62. The van der Waals surface area contributed by atoms with Crippen molar-refractivity contribution in [3.8, 4) is 0 Å². The van der Waals surface area contributed by atoms with Gasteiger partial charge in [0.15, 0.2) is 0 Å². The van der Waals surface area contributed by atoms with Crippen LogP contribution in [0.4, 0.5) is 0 Å². The molecule has 0 N–H and O–H groups in total. The second-order valence-electron chi connectivity index (χ2n) is 4.10. The minimum atomic E-state index is -0.149. The first-order valence-corrected chi connectivity index (χ1v) is 6.60. The molecule has 5 nitrogen and oxygen atoms in total. The zero-order chi connectivity index (χ0) is 13.8. The van der Waals surface area contributed by atoms with Gasteiger partial charge in [-0.3, -0.25) is 14.5 Å². The van der Waals surface area contributed by atoms with E-state index in [1.807, 2.05) is 13.0 Å². The van der Waals surface area contributed by atoms with Crippen LogP contribution in [0, 0.1) is 6.92 Å². The van der Waals surface area contributed by atoms with Gasteiger partial charge in [0, 0.05) is 13.3 Å². The predicted molar refractivity (Wildman–Crippen MR) is 74.2 cm³/mol. The van der Waals surface area contributed by atoms with E-state index in [-0.39, 0.29) is 5.78 Å². The third kappa shape index (κ3) is 3.08. The monoisotopic (exact) mass is 323 g/mol. The molecule has 0 aliphatic carbocycles. The van der Waals surface area contributed by atoms with E-state index in [0.717, 1.165) is 5.56 Å². The summed E-state index contributed by atoms with van der Waals surface area (Å²) < 4.78 is 7.30. The molecule has 0 bridgehead atoms. The molecule has 2 heterocycles. The zero-order valence-corrected chi connectivity index (χ0v) is 12.3. The molecular formula is C13H14BrN3O2. The van der Waals surface area contributed by atoms with Crippen molar-refractivity contribution in [3.63, 3.8) is 0 Å². The Bertz CT molecular complexity index is 595. The Hall–Kier alpha value is -1.53. The van der Waals surface area contributed by atoms with Crippen LogP contribution in [0.3, 0.4) is 0 Å². The van der Waals surface area contributed by atoms with Crippen LogP contribution in [0.2, 0.25) is 0 Å². The van der Waals surface area contributed by atoms with E-state index in [4.69, 9.17) is 4.74 Å². The molecule has 0 fully saturated rings. The lowest BCUT2D eigenvalue weighted by Gasteiger charge is -2.06. The highest BCUT2D eigenvalue weighted by Gasteiger charge is 2.19. The van der Waals surface area contributed by atoms with Crippen molar-refractivity contribution in [1.29, 1.82) is 0 Å². The molecule has 2 aromatic rings. The Morgan fingerprint density at radius 2 is 2.32 bits per heavy atom. The summed E-state index contributed by atoms with van der Waals surface area (Å²) >= 11 is 3.35. The molecule has 6 heteroatoms. The summed E-state index contributed by atoms with van der Waals surface area (Å²) in [5, 5.41) is 4.16. The van der Waals surface area contributed by atoms with Crippen LogP contribution in [0.5, 0.6) is 0 Å². The minimum Gasteiger partial charge on any atom is -0.383 e. The number of nitrogens with zero attached hydrogens (tertiary/aromatic N) is 3. The van der Waals surface area contributed by atoms with Crippen LogP contribution >= 0.6 is 15.9 Å². The molecule has 0 spiro atoms. The molecule has 100 valence electrons. The molecule has 0 amide bonds. The van der Waals surface area contributed by atoms with E-state index in [1.165, 1.54) is 0 Å². The van der Waals surface area contributed by atoms with E-state index >= 15 is 0 Å². The summed E-state index contributed by atoms with van der Waals surface area (Å²) in [6.07, 6.45) is 3.24. The van der Waals surface area contributed by atoms with Gasteiger partial charge in [0.2, 0.25) is 5.78 Å². The molecule has 0 aliphatic rings. The third-order valence-electron chi connectivity index (χ3n) is 2.67. The summed E-state index contributed by atoms with van der Waals surface area (Å²) in [4.78, 5) is 16.6. The fourth-order valence-corrected chi connectivity index (χ4v) is 2.19. The van der Waals surface area contributed by atoms with Crippen molar-refractivity contribution in [2.24, 2.45) is 0 Å². The Morgan fingerprint density at radius 1 is 1.53 bits per heavy atom. The number of methoxy groups -OCH3 is 1. The number of rotatable bonds is 5. The van der Waals surface area contributed by atoms with Crippen molar-refractivity contribution >= 4 is 21.7 Å². The summed E-state index contributed by atoms with van der Waals surface area (Å²) in [6.45, 7) is 2.94. The van der Waals surface area contributed by atoms with Crippen LogP contribution in [-0.4, -0.2) is 34.3 Å². The molecule has 0 aromatic carbocycles. The fraction of sp³-hybridized carbons (Fsp3) is 0.308. The van der Waals surface area contributed by atoms with Gasteiger partial charge in [0.05, 0.1) is 23.8 Å². The highest BCUT2D eigenvalue weighted by atomic mass is 79.9. The summed E-state index contributed by atoms with van der Waals surface area (Å²) in [5.41, 5.74) is 1.91. The number of carbonyl (C=O) groups excluding carboxylic acids is 1. The van der Waals surface area contributed by atoms with Gasteiger partial charge in [-0.15, -0.1) is 0 Å². The van der Waals surface area contributed by atoms with Crippen molar-refractivity contribution in [3.05, 3.63) is 46.0 Å². The molecule has 0 saturated heterocycles. The van der Waals surface area contributed by atoms with E-state index < -0.39 is 0 Å². The molecule has 0 aliphatic heterocycles. The third-order valence-corrected chi connectivity index (χ3v) is 3.25. The lowest BCUT2D eigenvalue weighted by Crippen LogP contribution is -2.15. The molecule has 2 rings (SSSR count). The number of carbonyl (C=O) groups is 1. The normalized spacial score (nSPS) is 10.7. The van der Waals surface area contributed by atoms with Gasteiger partial charge < -0.3 is 4.74 Å². The smallest absolute Gasteiger partial charge is 0.230 e. The van der Waals surface area contributed by atoms with Crippen LogP contribution < -0.4 is 0 Å². The maximum Gasteiger partial charge on any atom is 0.230 e. The maximum atomic E-state index is 12.5. The lowest BCUT2D eigenvalue weighted by molar-refractivity contribution is 0.102. The molecule has 0 unspecified atom stereocenters. The largest absolute Gasteiger partial charge is 0.383 e. The minimum absolute atomic E-state index is 0.149. The van der Waals surface area contributed by atoms with Gasteiger partial charge in [-0.05, 0) is 40.5 Å². The summed E-state index contributed by atoms with van der Waals surface area (Å²) in [7, 11) is 1.61. The number of ketones is 1. The van der Waals surface area contributed by atoms with Gasteiger partial charge in [-0.2, -0.15) is 5.10 Å². The van der Waals surface area contributed by atoms with Crippen molar-refractivity contribution in [2.45, 2.75) is 13.5 Å². The van der Waals surface area contributed by atoms with Crippen molar-refractivity contribution in [1.82, 2.24) is 14.8 Å². The highest BCUT2D eigenvalue weighted by molar-refractivity contribution is 9.10. The van der Waals surface area contributed by atoms with Crippen molar-refractivity contribution < 1.29 is 9.53 Å². The second kappa shape index (κ2) is 6.08. The molecule has 2 aromatic heterocycles. The van der Waals surface area contributed by atoms with Gasteiger partial charge >= 0.3 is 0 Å². The van der Waals surface area contributed by atoms with Gasteiger partial charge in [0.1, 0.15) is 11.4 Å². The van der Waals surface area contributed by atoms with E-state index in [0.29, 0.717) is 29.0 Å². The van der Waals surface area contributed by atoms with Gasteiger partial charge in [0.25, 0.3) is 0 Å². The standard InChI is InChI=1S/C13H14BrN3O2/c1-9-3-4-15-11(7-9)13(18)12-10(14)8-16-17(12)5-6-19-2/h3-4,7-8H,5-6H2,1-2H3.